The number of methoxy groups -OCH3 is 1. The third kappa shape index (κ3) is 4.23. The summed E-state index contributed by atoms with van der Waals surface area (Å²) in [6, 6.07) is 10.1. The predicted molar refractivity (Wildman–Crippen MR) is 143 cm³/mol. The quantitative estimate of drug-likeness (QED) is 0.277. The Morgan fingerprint density at radius 2 is 1.85 bits per heavy atom. The fraction of sp³-hybridized carbons (Fsp3) is 0.143. The number of hydrogen-bond donors (Lipinski definition) is 3. The molecule has 0 bridgehead atoms. The van der Waals surface area contributed by atoms with E-state index in [0.29, 0.717) is 56.3 Å². The van der Waals surface area contributed by atoms with Gasteiger partial charge in [-0.3, -0.25) is 19.9 Å². The SMILES string of the molecule is COc1cc(F)cc(-c2cncc3[nH]c(-c4n[nH]c5ccc(-c6cncc(NC(=O)C7CC7)c6)nc45)nc23)c1. The Kier molecular flexibility index (Phi) is 5.29. The number of pyridine rings is 3. The summed E-state index contributed by atoms with van der Waals surface area (Å²) in [4.78, 5) is 33.7. The molecular formula is C28H21FN8O2. The average molecular weight is 521 g/mol. The Bertz CT molecular complexity index is 1890. The largest absolute Gasteiger partial charge is 0.497 e. The Morgan fingerprint density at radius 1 is 0.974 bits per heavy atom. The van der Waals surface area contributed by atoms with Crippen LogP contribution in [0.5, 0.6) is 5.75 Å². The van der Waals surface area contributed by atoms with Gasteiger partial charge in [-0.05, 0) is 48.7 Å². The fourth-order valence-corrected chi connectivity index (χ4v) is 4.56. The van der Waals surface area contributed by atoms with Crippen LogP contribution in [0.25, 0.3) is 56.0 Å². The molecule has 6 aromatic rings. The normalized spacial score (nSPS) is 13.2. The van der Waals surface area contributed by atoms with E-state index in [4.69, 9.17) is 14.7 Å². The van der Waals surface area contributed by atoms with Crippen molar-refractivity contribution in [3.8, 4) is 39.7 Å². The minimum atomic E-state index is -0.419. The van der Waals surface area contributed by atoms with E-state index in [2.05, 4.69) is 30.5 Å². The van der Waals surface area contributed by atoms with Crippen LogP contribution in [0, 0.1) is 11.7 Å². The Balaban J connectivity index is 1.28. The molecule has 1 amide bonds. The maximum absolute atomic E-state index is 14.2. The van der Waals surface area contributed by atoms with Gasteiger partial charge in [0.25, 0.3) is 0 Å². The number of nitrogens with one attached hydrogen (secondary N) is 3. The third-order valence-electron chi connectivity index (χ3n) is 6.69. The lowest BCUT2D eigenvalue weighted by atomic mass is 10.1. The number of amides is 1. The second-order valence-corrected chi connectivity index (χ2v) is 9.44. The number of carbonyl (C=O) groups is 1. The first kappa shape index (κ1) is 23.0. The van der Waals surface area contributed by atoms with Gasteiger partial charge in [0.05, 0.1) is 47.4 Å². The molecule has 1 aromatic carbocycles. The topological polar surface area (TPSA) is 134 Å². The monoisotopic (exact) mass is 520 g/mol. The number of ether oxygens (including phenoxy) is 1. The molecule has 3 N–H and O–H groups in total. The zero-order valence-corrected chi connectivity index (χ0v) is 20.7. The van der Waals surface area contributed by atoms with Crippen molar-refractivity contribution < 1.29 is 13.9 Å². The van der Waals surface area contributed by atoms with Gasteiger partial charge in [0, 0.05) is 35.5 Å². The molecule has 5 heterocycles. The minimum absolute atomic E-state index is 0.0184. The second kappa shape index (κ2) is 8.98. The van der Waals surface area contributed by atoms with Crippen LogP contribution in [0.2, 0.25) is 0 Å². The number of nitrogens with zero attached hydrogens (tertiary/aromatic N) is 5. The molecule has 39 heavy (non-hydrogen) atoms. The smallest absolute Gasteiger partial charge is 0.227 e. The number of rotatable bonds is 6. The van der Waals surface area contributed by atoms with Crippen LogP contribution in [-0.2, 0) is 4.79 Å². The van der Waals surface area contributed by atoms with Gasteiger partial charge >= 0.3 is 0 Å². The van der Waals surface area contributed by atoms with E-state index in [1.807, 2.05) is 18.2 Å². The molecule has 1 aliphatic carbocycles. The van der Waals surface area contributed by atoms with E-state index in [1.165, 1.54) is 19.2 Å². The van der Waals surface area contributed by atoms with Crippen LogP contribution in [0.1, 0.15) is 12.8 Å². The van der Waals surface area contributed by atoms with Gasteiger partial charge in [-0.2, -0.15) is 5.10 Å². The highest BCUT2D eigenvalue weighted by atomic mass is 19.1. The van der Waals surface area contributed by atoms with Crippen molar-refractivity contribution >= 4 is 33.7 Å². The Labute approximate surface area is 220 Å². The fourth-order valence-electron chi connectivity index (χ4n) is 4.56. The summed E-state index contributed by atoms with van der Waals surface area (Å²) in [5.41, 5.74) is 6.45. The van der Waals surface area contributed by atoms with E-state index in [9.17, 15) is 9.18 Å². The molecule has 0 aliphatic heterocycles. The standard InChI is InChI=1S/C28H21FN8O2/c1-39-19-8-15(6-17(29)9-19)20-12-31-13-23-24(20)35-27(34-23)26-25-22(36-37-26)5-4-21(33-25)16-7-18(11-30-10-16)32-28(38)14-2-3-14/h4-14H,2-3H2,1H3,(H,32,38)(H,34,35)(H,36,37). The highest BCUT2D eigenvalue weighted by Crippen LogP contribution is 2.34. The number of benzene rings is 1. The molecule has 10 nitrogen and oxygen atoms in total. The van der Waals surface area contributed by atoms with Crippen LogP contribution in [0.15, 0.2) is 61.2 Å². The van der Waals surface area contributed by atoms with Gasteiger partial charge in [-0.15, -0.1) is 0 Å². The third-order valence-corrected chi connectivity index (χ3v) is 6.69. The molecule has 0 unspecified atom stereocenters. The summed E-state index contributed by atoms with van der Waals surface area (Å²) in [5, 5.41) is 10.4. The summed E-state index contributed by atoms with van der Waals surface area (Å²) in [5.74, 6) is 0.586. The summed E-state index contributed by atoms with van der Waals surface area (Å²) in [6.07, 6.45) is 8.48. The lowest BCUT2D eigenvalue weighted by Gasteiger charge is -2.06. The molecule has 0 saturated heterocycles. The number of imidazole rings is 1. The van der Waals surface area contributed by atoms with Gasteiger partial charge in [0.15, 0.2) is 11.5 Å². The number of hydrogen-bond acceptors (Lipinski definition) is 7. The van der Waals surface area contributed by atoms with Gasteiger partial charge in [-0.1, -0.05) is 0 Å². The van der Waals surface area contributed by atoms with Crippen molar-refractivity contribution in [1.82, 2.24) is 35.1 Å². The van der Waals surface area contributed by atoms with Crippen molar-refractivity contribution in [3.63, 3.8) is 0 Å². The number of aromatic nitrogens is 7. The van der Waals surface area contributed by atoms with E-state index in [-0.39, 0.29) is 11.8 Å². The number of halogens is 1. The maximum Gasteiger partial charge on any atom is 0.227 e. The first-order valence-electron chi connectivity index (χ1n) is 12.4. The van der Waals surface area contributed by atoms with E-state index in [0.717, 1.165) is 23.9 Å². The van der Waals surface area contributed by atoms with Gasteiger partial charge < -0.3 is 15.0 Å². The first-order valence-corrected chi connectivity index (χ1v) is 12.4. The molecule has 192 valence electrons. The maximum atomic E-state index is 14.2. The van der Waals surface area contributed by atoms with Crippen molar-refractivity contribution in [2.75, 3.05) is 12.4 Å². The summed E-state index contributed by atoms with van der Waals surface area (Å²) in [6.45, 7) is 0. The number of anilines is 1. The highest BCUT2D eigenvalue weighted by Gasteiger charge is 2.29. The van der Waals surface area contributed by atoms with Gasteiger partial charge in [-0.25, -0.2) is 14.4 Å². The molecule has 1 fully saturated rings. The molecule has 0 spiro atoms. The zero-order chi connectivity index (χ0) is 26.5. The van der Waals surface area contributed by atoms with E-state index >= 15 is 0 Å². The highest BCUT2D eigenvalue weighted by molar-refractivity contribution is 5.96. The van der Waals surface area contributed by atoms with E-state index < -0.39 is 5.82 Å². The van der Waals surface area contributed by atoms with Crippen molar-refractivity contribution in [2.45, 2.75) is 12.8 Å². The van der Waals surface area contributed by atoms with Crippen LogP contribution >= 0.6 is 0 Å². The Hall–Kier alpha value is -5.19. The molecule has 1 saturated carbocycles. The summed E-state index contributed by atoms with van der Waals surface area (Å²) in [7, 11) is 1.49. The lowest BCUT2D eigenvalue weighted by Crippen LogP contribution is -2.13. The summed E-state index contributed by atoms with van der Waals surface area (Å²) >= 11 is 0. The van der Waals surface area contributed by atoms with Crippen LogP contribution < -0.4 is 10.1 Å². The van der Waals surface area contributed by atoms with E-state index in [1.54, 1.807) is 30.9 Å². The lowest BCUT2D eigenvalue weighted by molar-refractivity contribution is -0.117. The Morgan fingerprint density at radius 3 is 2.69 bits per heavy atom. The molecular weight excluding hydrogens is 499 g/mol. The zero-order valence-electron chi connectivity index (χ0n) is 20.7. The van der Waals surface area contributed by atoms with Crippen LogP contribution in [-0.4, -0.2) is 48.1 Å². The van der Waals surface area contributed by atoms with Crippen molar-refractivity contribution in [3.05, 3.63) is 67.0 Å². The molecule has 1 aliphatic rings. The summed E-state index contributed by atoms with van der Waals surface area (Å²) < 4.78 is 19.5. The molecule has 11 heteroatoms. The number of fused-ring (bicyclic) bond motifs is 2. The van der Waals surface area contributed by atoms with Crippen LogP contribution in [0.3, 0.4) is 0 Å². The number of H-pyrrole nitrogens is 2. The average Bonchev–Trinajstić information content (AvgIpc) is 3.58. The molecule has 7 rings (SSSR count). The molecule has 0 radical (unpaired) electrons. The first-order chi connectivity index (χ1) is 19.1. The number of aromatic amines is 2. The molecule has 5 aromatic heterocycles. The van der Waals surface area contributed by atoms with Crippen molar-refractivity contribution in [1.29, 1.82) is 0 Å². The van der Waals surface area contributed by atoms with Gasteiger partial charge in [0.1, 0.15) is 17.1 Å². The number of carbonyl (C=O) groups excluding carboxylic acids is 1. The van der Waals surface area contributed by atoms with Gasteiger partial charge in [0.2, 0.25) is 5.91 Å². The second-order valence-electron chi connectivity index (χ2n) is 9.44. The molecule has 0 atom stereocenters. The van der Waals surface area contributed by atoms with Crippen molar-refractivity contribution in [2.24, 2.45) is 5.92 Å². The minimum Gasteiger partial charge on any atom is -0.497 e. The predicted octanol–water partition coefficient (Wildman–Crippen LogP) is 5.12. The van der Waals surface area contributed by atoms with Crippen LogP contribution in [0.4, 0.5) is 10.1 Å².